The van der Waals surface area contributed by atoms with Crippen LogP contribution in [0.1, 0.15) is 25.7 Å². The lowest BCUT2D eigenvalue weighted by Crippen LogP contribution is -2.44. The van der Waals surface area contributed by atoms with Gasteiger partial charge in [-0.1, -0.05) is 0 Å². The smallest absolute Gasteiger partial charge is 0.221 e. The molecule has 20 heavy (non-hydrogen) atoms. The normalized spacial score (nSPS) is 27.1. The van der Waals surface area contributed by atoms with E-state index in [-0.39, 0.29) is 56.5 Å². The molecule has 1 heterocycles. The lowest BCUT2D eigenvalue weighted by molar-refractivity contribution is -0.123. The van der Waals surface area contributed by atoms with Crippen LogP contribution < -0.4 is 21.7 Å². The molecule has 8 nitrogen and oxygen atoms in total. The molecule has 2 atom stereocenters. The quantitative estimate of drug-likeness (QED) is 0.404. The molecule has 0 aromatic carbocycles. The topological polar surface area (TPSA) is 130 Å². The highest BCUT2D eigenvalue weighted by Gasteiger charge is 2.18. The maximum Gasteiger partial charge on any atom is 0.221 e. The van der Waals surface area contributed by atoms with Crippen LogP contribution in [-0.4, -0.2) is 49.2 Å². The predicted octanol–water partition coefficient (Wildman–Crippen LogP) is -2.20. The van der Waals surface area contributed by atoms with Crippen molar-refractivity contribution in [3.63, 3.8) is 0 Å². The molecule has 1 aliphatic heterocycles. The minimum absolute atomic E-state index is 0.0278. The van der Waals surface area contributed by atoms with Gasteiger partial charge in [-0.2, -0.15) is 0 Å². The Morgan fingerprint density at radius 3 is 2.25 bits per heavy atom. The first-order chi connectivity index (χ1) is 9.52. The van der Waals surface area contributed by atoms with E-state index in [1.165, 1.54) is 0 Å². The van der Waals surface area contributed by atoms with Gasteiger partial charge in [-0.05, 0) is 12.8 Å². The zero-order valence-corrected chi connectivity index (χ0v) is 11.2. The number of ketones is 1. The van der Waals surface area contributed by atoms with E-state index < -0.39 is 12.1 Å². The van der Waals surface area contributed by atoms with Gasteiger partial charge in [0.1, 0.15) is 6.29 Å². The summed E-state index contributed by atoms with van der Waals surface area (Å²) in [6, 6.07) is -1.30. The van der Waals surface area contributed by atoms with Crippen LogP contribution in [0.3, 0.4) is 0 Å². The van der Waals surface area contributed by atoms with E-state index in [4.69, 9.17) is 5.73 Å². The molecule has 5 N–H and O–H groups in total. The van der Waals surface area contributed by atoms with Crippen LogP contribution in [0.5, 0.6) is 0 Å². The second-order valence-electron chi connectivity index (χ2n) is 4.65. The third kappa shape index (κ3) is 5.89. The third-order valence-corrected chi connectivity index (χ3v) is 3.05. The highest BCUT2D eigenvalue weighted by atomic mass is 16.2. The molecule has 2 unspecified atom stereocenters. The lowest BCUT2D eigenvalue weighted by Gasteiger charge is -2.16. The molecule has 1 saturated heterocycles. The van der Waals surface area contributed by atoms with Crippen molar-refractivity contribution in [3.05, 3.63) is 0 Å². The first-order valence-electron chi connectivity index (χ1n) is 6.53. The standard InChI is InChI=1S/C12H20N4O4/c13-9-2-4-12(20)16-7-15-11(19)3-1-8(6-17)14-5-10(9)18/h6,8-9,14H,1-5,7,13H2,(H,15,19)(H,16,20). The zero-order valence-electron chi connectivity index (χ0n) is 11.2. The summed E-state index contributed by atoms with van der Waals surface area (Å²) in [6.07, 6.45) is 1.42. The Balaban J connectivity index is 2.60. The molecule has 0 aromatic rings. The number of amides is 2. The first-order valence-corrected chi connectivity index (χ1v) is 6.53. The predicted molar refractivity (Wildman–Crippen MR) is 70.5 cm³/mol. The average molecular weight is 284 g/mol. The molecule has 0 spiro atoms. The van der Waals surface area contributed by atoms with Crippen LogP contribution in [0.4, 0.5) is 0 Å². The number of carbonyl (C=O) groups excluding carboxylic acids is 4. The molecular formula is C12H20N4O4. The Hall–Kier alpha value is -1.80. The minimum atomic E-state index is -0.738. The number of rotatable bonds is 1. The molecule has 1 fully saturated rings. The number of carbonyl (C=O) groups is 4. The summed E-state index contributed by atoms with van der Waals surface area (Å²) in [5, 5.41) is 7.78. The SMILES string of the molecule is NC1CCC(=O)NCNC(=O)CCC(C=O)NCC1=O. The molecule has 112 valence electrons. The van der Waals surface area contributed by atoms with Gasteiger partial charge in [0, 0.05) is 12.8 Å². The molecule has 8 heteroatoms. The Labute approximate surface area is 116 Å². The zero-order chi connectivity index (χ0) is 15.0. The molecule has 0 aliphatic carbocycles. The summed E-state index contributed by atoms with van der Waals surface area (Å²) in [5.41, 5.74) is 5.67. The van der Waals surface area contributed by atoms with Gasteiger partial charge in [-0.15, -0.1) is 0 Å². The number of nitrogens with one attached hydrogen (secondary N) is 3. The van der Waals surface area contributed by atoms with Crippen molar-refractivity contribution in [2.45, 2.75) is 37.8 Å². The molecular weight excluding hydrogens is 264 g/mol. The van der Waals surface area contributed by atoms with Crippen molar-refractivity contribution in [1.82, 2.24) is 16.0 Å². The van der Waals surface area contributed by atoms with Gasteiger partial charge in [-0.25, -0.2) is 0 Å². The number of Topliss-reactive ketones (excluding diaryl/α,β-unsaturated/α-hetero) is 1. The van der Waals surface area contributed by atoms with E-state index in [0.717, 1.165) is 0 Å². The van der Waals surface area contributed by atoms with Crippen LogP contribution in [0.2, 0.25) is 0 Å². The third-order valence-electron chi connectivity index (χ3n) is 3.05. The molecule has 0 aromatic heterocycles. The van der Waals surface area contributed by atoms with E-state index in [0.29, 0.717) is 6.29 Å². The van der Waals surface area contributed by atoms with Crippen LogP contribution in [-0.2, 0) is 19.2 Å². The van der Waals surface area contributed by atoms with E-state index >= 15 is 0 Å². The molecule has 0 bridgehead atoms. The first kappa shape index (κ1) is 16.3. The van der Waals surface area contributed by atoms with Crippen molar-refractivity contribution < 1.29 is 19.2 Å². The largest absolute Gasteiger partial charge is 0.339 e. The Morgan fingerprint density at radius 2 is 1.65 bits per heavy atom. The Morgan fingerprint density at radius 1 is 1.05 bits per heavy atom. The molecule has 1 rings (SSSR count). The van der Waals surface area contributed by atoms with E-state index in [2.05, 4.69) is 16.0 Å². The summed E-state index contributed by atoms with van der Waals surface area (Å²) >= 11 is 0. The fourth-order valence-corrected chi connectivity index (χ4v) is 1.73. The van der Waals surface area contributed by atoms with E-state index in [1.54, 1.807) is 0 Å². The van der Waals surface area contributed by atoms with E-state index in [1.807, 2.05) is 0 Å². The fourth-order valence-electron chi connectivity index (χ4n) is 1.73. The highest BCUT2D eigenvalue weighted by Crippen LogP contribution is 1.99. The fraction of sp³-hybridized carbons (Fsp3) is 0.667. The van der Waals surface area contributed by atoms with Crippen LogP contribution >= 0.6 is 0 Å². The number of nitrogens with two attached hydrogens (primary N) is 1. The Bertz CT molecular complexity index is 386. The Kier molecular flexibility index (Phi) is 6.82. The van der Waals surface area contributed by atoms with Crippen molar-refractivity contribution in [2.75, 3.05) is 13.2 Å². The number of hydrogen-bond donors (Lipinski definition) is 4. The van der Waals surface area contributed by atoms with E-state index in [9.17, 15) is 19.2 Å². The van der Waals surface area contributed by atoms with Crippen LogP contribution in [0.25, 0.3) is 0 Å². The van der Waals surface area contributed by atoms with Crippen molar-refractivity contribution in [2.24, 2.45) is 5.73 Å². The van der Waals surface area contributed by atoms with Gasteiger partial charge in [0.15, 0.2) is 5.78 Å². The lowest BCUT2D eigenvalue weighted by atomic mass is 10.1. The van der Waals surface area contributed by atoms with Gasteiger partial charge < -0.3 is 26.5 Å². The highest BCUT2D eigenvalue weighted by molar-refractivity contribution is 5.87. The maximum absolute atomic E-state index is 11.7. The van der Waals surface area contributed by atoms with Gasteiger partial charge >= 0.3 is 0 Å². The van der Waals surface area contributed by atoms with Crippen molar-refractivity contribution >= 4 is 23.9 Å². The number of hydrogen-bond acceptors (Lipinski definition) is 6. The molecule has 0 saturated carbocycles. The maximum atomic E-state index is 11.7. The molecule has 2 amide bonds. The number of aldehydes is 1. The van der Waals surface area contributed by atoms with Gasteiger partial charge in [0.25, 0.3) is 0 Å². The second-order valence-corrected chi connectivity index (χ2v) is 4.65. The molecule has 1 aliphatic rings. The summed E-state index contributed by atoms with van der Waals surface area (Å²) in [6.45, 7) is -0.0200. The monoisotopic (exact) mass is 284 g/mol. The van der Waals surface area contributed by atoms with Crippen molar-refractivity contribution in [1.29, 1.82) is 0 Å². The minimum Gasteiger partial charge on any atom is -0.339 e. The summed E-state index contributed by atoms with van der Waals surface area (Å²) in [7, 11) is 0. The van der Waals surface area contributed by atoms with Gasteiger partial charge in [-0.3, -0.25) is 14.4 Å². The summed E-state index contributed by atoms with van der Waals surface area (Å²) < 4.78 is 0. The second kappa shape index (κ2) is 8.39. The van der Waals surface area contributed by atoms with Crippen molar-refractivity contribution in [3.8, 4) is 0 Å². The van der Waals surface area contributed by atoms with Gasteiger partial charge in [0.2, 0.25) is 11.8 Å². The summed E-state index contributed by atoms with van der Waals surface area (Å²) in [4.78, 5) is 45.4. The van der Waals surface area contributed by atoms with Crippen LogP contribution in [0.15, 0.2) is 0 Å². The van der Waals surface area contributed by atoms with Crippen LogP contribution in [0, 0.1) is 0 Å². The molecule has 0 radical (unpaired) electrons. The van der Waals surface area contributed by atoms with Gasteiger partial charge in [0.05, 0.1) is 25.3 Å². The average Bonchev–Trinajstić information content (AvgIpc) is 2.43. The summed E-state index contributed by atoms with van der Waals surface area (Å²) in [5.74, 6) is -0.797.